The molecule has 2 heterocycles. The van der Waals surface area contributed by atoms with Gasteiger partial charge in [0, 0.05) is 13.0 Å². The van der Waals surface area contributed by atoms with E-state index < -0.39 is 0 Å². The predicted octanol–water partition coefficient (Wildman–Crippen LogP) is 4.96. The normalized spacial score (nSPS) is 36.9. The van der Waals surface area contributed by atoms with E-state index in [2.05, 4.69) is 71.6 Å². The van der Waals surface area contributed by atoms with Gasteiger partial charge < -0.3 is 4.90 Å². The van der Waals surface area contributed by atoms with Gasteiger partial charge in [0.15, 0.2) is 0 Å². The Bertz CT molecular complexity index is 963. The van der Waals surface area contributed by atoms with Gasteiger partial charge in [0.05, 0.1) is 6.04 Å². The van der Waals surface area contributed by atoms with Crippen LogP contribution in [0.3, 0.4) is 0 Å². The number of carbonyl (C=O) groups is 1. The number of benzene rings is 2. The van der Waals surface area contributed by atoms with Gasteiger partial charge in [-0.05, 0) is 65.5 Å². The van der Waals surface area contributed by atoms with Crippen LogP contribution in [-0.4, -0.2) is 16.8 Å². The third-order valence-corrected chi connectivity index (χ3v) is 8.17. The summed E-state index contributed by atoms with van der Waals surface area (Å²) in [6.07, 6.45) is 9.47. The Morgan fingerprint density at radius 2 is 1.89 bits per heavy atom. The number of carbonyl (C=O) groups excluding carboxylic acids is 1. The van der Waals surface area contributed by atoms with Crippen molar-refractivity contribution >= 4 is 5.91 Å². The summed E-state index contributed by atoms with van der Waals surface area (Å²) in [4.78, 5) is 15.1. The smallest absolute Gasteiger partial charge is 0.220 e. The minimum absolute atomic E-state index is 0.244. The Balaban J connectivity index is 1.55. The number of rotatable bonds is 2. The highest BCUT2D eigenvalue weighted by molar-refractivity contribution is 5.75. The van der Waals surface area contributed by atoms with Crippen LogP contribution in [0.15, 0.2) is 66.7 Å². The Kier molecular flexibility index (Phi) is 3.45. The van der Waals surface area contributed by atoms with Gasteiger partial charge >= 0.3 is 0 Å². The van der Waals surface area contributed by atoms with E-state index >= 15 is 0 Å². The number of piperidine rings is 2. The van der Waals surface area contributed by atoms with Crippen molar-refractivity contribution in [1.82, 2.24) is 4.90 Å². The first-order valence-corrected chi connectivity index (χ1v) is 10.8. The summed E-state index contributed by atoms with van der Waals surface area (Å²) in [5, 5.41) is 0. The van der Waals surface area contributed by atoms with Crippen LogP contribution >= 0.6 is 0 Å². The van der Waals surface area contributed by atoms with Crippen molar-refractivity contribution in [2.45, 2.75) is 44.7 Å². The fourth-order valence-electron chi connectivity index (χ4n) is 7.41. The summed E-state index contributed by atoms with van der Waals surface area (Å²) in [5.74, 6) is 2.03. The van der Waals surface area contributed by atoms with Crippen LogP contribution in [0.5, 0.6) is 0 Å². The zero-order valence-electron chi connectivity index (χ0n) is 16.4. The maximum absolute atomic E-state index is 12.9. The molecule has 6 atom stereocenters. The lowest BCUT2D eigenvalue weighted by Gasteiger charge is -2.67. The molecule has 1 amide bonds. The van der Waals surface area contributed by atoms with E-state index in [0.717, 1.165) is 25.7 Å². The quantitative estimate of drug-likeness (QED) is 0.686. The maximum atomic E-state index is 12.9. The molecule has 142 valence electrons. The Hall–Kier alpha value is -2.35. The molecule has 2 nitrogen and oxygen atoms in total. The van der Waals surface area contributed by atoms with E-state index in [-0.39, 0.29) is 17.4 Å². The van der Waals surface area contributed by atoms with Crippen molar-refractivity contribution < 1.29 is 4.79 Å². The van der Waals surface area contributed by atoms with Crippen LogP contribution in [0.25, 0.3) is 0 Å². The zero-order valence-corrected chi connectivity index (χ0v) is 16.4. The molecule has 2 aromatic rings. The van der Waals surface area contributed by atoms with Gasteiger partial charge in [0.25, 0.3) is 0 Å². The first-order chi connectivity index (χ1) is 13.7. The fraction of sp³-hybridized carbons (Fsp3) is 0.423. The maximum Gasteiger partial charge on any atom is 0.220 e. The number of allylic oxidation sites excluding steroid dienone is 2. The first-order valence-electron chi connectivity index (χ1n) is 10.8. The largest absolute Gasteiger partial charge is 0.332 e. The molecule has 2 saturated heterocycles. The highest BCUT2D eigenvalue weighted by Crippen LogP contribution is 2.67. The molecule has 5 aliphatic rings. The van der Waals surface area contributed by atoms with E-state index in [1.807, 2.05) is 0 Å². The van der Waals surface area contributed by atoms with Crippen LogP contribution < -0.4 is 0 Å². The summed E-state index contributed by atoms with van der Waals surface area (Å²) < 4.78 is 0. The van der Waals surface area contributed by atoms with Crippen LogP contribution in [0.1, 0.15) is 42.5 Å². The average Bonchev–Trinajstić information content (AvgIpc) is 3.19. The van der Waals surface area contributed by atoms with Crippen molar-refractivity contribution in [1.29, 1.82) is 0 Å². The Morgan fingerprint density at radius 3 is 2.71 bits per heavy atom. The molecular formula is C26H27NO. The molecule has 3 aliphatic carbocycles. The minimum atomic E-state index is 0.244. The Labute approximate surface area is 167 Å². The fourth-order valence-corrected chi connectivity index (χ4v) is 7.41. The summed E-state index contributed by atoms with van der Waals surface area (Å²) in [5.41, 5.74) is 4.58. The molecule has 0 aromatic heterocycles. The number of amides is 1. The first kappa shape index (κ1) is 16.6. The van der Waals surface area contributed by atoms with Crippen molar-refractivity contribution in [2.24, 2.45) is 23.2 Å². The molecule has 2 aliphatic heterocycles. The van der Waals surface area contributed by atoms with E-state index in [1.54, 1.807) is 6.92 Å². The highest BCUT2D eigenvalue weighted by Gasteiger charge is 2.65. The molecule has 0 spiro atoms. The van der Waals surface area contributed by atoms with Gasteiger partial charge in [-0.1, -0.05) is 66.7 Å². The molecule has 1 saturated carbocycles. The number of hydrogen-bond donors (Lipinski definition) is 0. The van der Waals surface area contributed by atoms with Gasteiger partial charge in [-0.15, -0.1) is 0 Å². The third kappa shape index (κ3) is 2.12. The minimum Gasteiger partial charge on any atom is -0.332 e. The number of nitrogens with zero attached hydrogens (tertiary/aromatic N) is 1. The Morgan fingerprint density at radius 1 is 1.11 bits per heavy atom. The molecule has 2 heteroatoms. The van der Waals surface area contributed by atoms with Gasteiger partial charge in [-0.25, -0.2) is 0 Å². The lowest BCUT2D eigenvalue weighted by Crippen LogP contribution is -2.68. The monoisotopic (exact) mass is 369 g/mol. The van der Waals surface area contributed by atoms with E-state index in [0.29, 0.717) is 23.8 Å². The third-order valence-electron chi connectivity index (χ3n) is 8.17. The lowest BCUT2D eigenvalue weighted by molar-refractivity contribution is -0.178. The standard InChI is InChI=1S/C26H27NO/c1-17(28)27-23-16-26(14-18-8-3-2-4-9-18)15-19-10-5-6-11-20(19)25(27)24(26)22-13-7-12-21(22)23/h2-11,13,21-25H,12,14-16H2,1H3. The van der Waals surface area contributed by atoms with E-state index in [1.165, 1.54) is 16.7 Å². The molecule has 0 radical (unpaired) electrons. The topological polar surface area (TPSA) is 20.3 Å². The number of hydrogen-bond acceptors (Lipinski definition) is 1. The summed E-state index contributed by atoms with van der Waals surface area (Å²) in [7, 11) is 0. The molecule has 3 fully saturated rings. The SMILES string of the molecule is CC(=O)N1C2CC3(Cc4ccccc4)Cc4ccccc4C1C3C1C=CCC12. The van der Waals surface area contributed by atoms with Crippen LogP contribution in [-0.2, 0) is 17.6 Å². The number of fused-ring (bicyclic) bond motifs is 1. The van der Waals surface area contributed by atoms with Gasteiger partial charge in [-0.3, -0.25) is 4.79 Å². The van der Waals surface area contributed by atoms with Gasteiger partial charge in [0.1, 0.15) is 0 Å². The van der Waals surface area contributed by atoms with Crippen molar-refractivity contribution in [2.75, 3.05) is 0 Å². The average molecular weight is 370 g/mol. The van der Waals surface area contributed by atoms with Crippen LogP contribution in [0.2, 0.25) is 0 Å². The summed E-state index contributed by atoms with van der Waals surface area (Å²) in [6.45, 7) is 1.79. The second-order valence-corrected chi connectivity index (χ2v) is 9.47. The second-order valence-electron chi connectivity index (χ2n) is 9.47. The van der Waals surface area contributed by atoms with E-state index in [9.17, 15) is 4.79 Å². The lowest BCUT2D eigenvalue weighted by atomic mass is 9.45. The molecule has 28 heavy (non-hydrogen) atoms. The molecule has 4 bridgehead atoms. The molecule has 6 unspecified atom stereocenters. The molecule has 0 N–H and O–H groups in total. The molecular weight excluding hydrogens is 342 g/mol. The summed E-state index contributed by atoms with van der Waals surface area (Å²) >= 11 is 0. The van der Waals surface area contributed by atoms with Crippen molar-refractivity contribution in [3.63, 3.8) is 0 Å². The zero-order chi connectivity index (χ0) is 18.9. The van der Waals surface area contributed by atoms with Crippen LogP contribution in [0, 0.1) is 23.2 Å². The van der Waals surface area contributed by atoms with Crippen molar-refractivity contribution in [3.8, 4) is 0 Å². The molecule has 7 rings (SSSR count). The van der Waals surface area contributed by atoms with Gasteiger partial charge in [0.2, 0.25) is 5.91 Å². The highest BCUT2D eigenvalue weighted by atomic mass is 16.2. The second kappa shape index (κ2) is 5.83. The van der Waals surface area contributed by atoms with Crippen molar-refractivity contribution in [3.05, 3.63) is 83.4 Å². The van der Waals surface area contributed by atoms with E-state index in [4.69, 9.17) is 0 Å². The molecule has 2 aromatic carbocycles. The van der Waals surface area contributed by atoms with Gasteiger partial charge in [-0.2, -0.15) is 0 Å². The predicted molar refractivity (Wildman–Crippen MR) is 111 cm³/mol. The van der Waals surface area contributed by atoms with Crippen LogP contribution in [0.4, 0.5) is 0 Å². The summed E-state index contributed by atoms with van der Waals surface area (Å²) in [6, 6.07) is 20.6.